The van der Waals surface area contributed by atoms with Crippen LogP contribution in [0, 0.1) is 0 Å². The molecule has 0 saturated carbocycles. The summed E-state index contributed by atoms with van der Waals surface area (Å²) < 4.78 is 43.9. The van der Waals surface area contributed by atoms with Gasteiger partial charge in [0.05, 0.1) is 6.61 Å². The van der Waals surface area contributed by atoms with E-state index in [-0.39, 0.29) is 13.2 Å². The molecule has 1 amide bonds. The van der Waals surface area contributed by atoms with Gasteiger partial charge >= 0.3 is 6.18 Å². The van der Waals surface area contributed by atoms with Gasteiger partial charge in [0.2, 0.25) is 5.91 Å². The molecule has 1 aromatic rings. The number of epoxide rings is 1. The fourth-order valence-electron chi connectivity index (χ4n) is 2.01. The number of nitrogens with zero attached hydrogens (tertiary/aromatic N) is 1. The first-order chi connectivity index (χ1) is 8.89. The van der Waals surface area contributed by atoms with E-state index in [1.165, 1.54) is 0 Å². The Bertz CT molecular complexity index is 443. The lowest BCUT2D eigenvalue weighted by Crippen LogP contribution is -2.51. The Morgan fingerprint density at radius 2 is 2.00 bits per heavy atom. The van der Waals surface area contributed by atoms with Gasteiger partial charge in [-0.05, 0) is 5.56 Å². The largest absolute Gasteiger partial charge is 0.411 e. The normalized spacial score (nSPS) is 19.9. The lowest BCUT2D eigenvalue weighted by Gasteiger charge is -2.31. The number of rotatable bonds is 4. The Morgan fingerprint density at radius 1 is 1.42 bits per heavy atom. The second-order valence-corrected chi connectivity index (χ2v) is 4.49. The fourth-order valence-corrected chi connectivity index (χ4v) is 2.01. The zero-order valence-electron chi connectivity index (χ0n) is 10.4. The molecular weight excluding hydrogens is 259 g/mol. The Balaban J connectivity index is 2.21. The molecule has 1 aliphatic rings. The minimum atomic E-state index is -4.48. The van der Waals surface area contributed by atoms with Crippen LogP contribution in [0.1, 0.15) is 12.5 Å². The van der Waals surface area contributed by atoms with Crippen molar-refractivity contribution in [1.29, 1.82) is 0 Å². The van der Waals surface area contributed by atoms with E-state index in [0.29, 0.717) is 5.56 Å². The van der Waals surface area contributed by atoms with Crippen LogP contribution < -0.4 is 0 Å². The van der Waals surface area contributed by atoms with Crippen molar-refractivity contribution in [2.75, 3.05) is 6.61 Å². The molecule has 0 unspecified atom stereocenters. The number of carbonyl (C=O) groups is 1. The lowest BCUT2D eigenvalue weighted by molar-refractivity contribution is -0.194. The van der Waals surface area contributed by atoms with E-state index in [0.717, 1.165) is 11.8 Å². The van der Waals surface area contributed by atoms with Gasteiger partial charge in [-0.25, -0.2) is 0 Å². The van der Waals surface area contributed by atoms with E-state index in [9.17, 15) is 18.0 Å². The second-order valence-electron chi connectivity index (χ2n) is 4.49. The molecule has 3 nitrogen and oxygen atoms in total. The zero-order chi connectivity index (χ0) is 14.0. The molecule has 1 aromatic carbocycles. The highest BCUT2D eigenvalue weighted by molar-refractivity contribution is 5.74. The average Bonchev–Trinajstić information content (AvgIpc) is 3.12. The van der Waals surface area contributed by atoms with Crippen molar-refractivity contribution >= 4 is 5.91 Å². The third-order valence-corrected chi connectivity index (χ3v) is 2.98. The maximum atomic E-state index is 13.1. The molecule has 104 valence electrons. The molecule has 1 aliphatic heterocycles. The summed E-state index contributed by atoms with van der Waals surface area (Å²) in [6.45, 7) is 1.12. The first-order valence-corrected chi connectivity index (χ1v) is 5.89. The first kappa shape index (κ1) is 13.9. The summed E-state index contributed by atoms with van der Waals surface area (Å²) in [5.74, 6) is -0.610. The van der Waals surface area contributed by atoms with Gasteiger partial charge in [0.1, 0.15) is 6.10 Å². The van der Waals surface area contributed by atoms with Gasteiger partial charge in [-0.3, -0.25) is 4.79 Å². The molecule has 0 N–H and O–H groups in total. The molecule has 6 heteroatoms. The summed E-state index contributed by atoms with van der Waals surface area (Å²) in [5, 5.41) is 0. The van der Waals surface area contributed by atoms with E-state index in [1.807, 2.05) is 0 Å². The van der Waals surface area contributed by atoms with Crippen molar-refractivity contribution in [3.05, 3.63) is 35.9 Å². The summed E-state index contributed by atoms with van der Waals surface area (Å²) in [6.07, 6.45) is -5.42. The minimum Gasteiger partial charge on any atom is -0.371 e. The highest BCUT2D eigenvalue weighted by atomic mass is 19.4. The quantitative estimate of drug-likeness (QED) is 0.789. The van der Waals surface area contributed by atoms with Crippen molar-refractivity contribution in [2.24, 2.45) is 0 Å². The van der Waals surface area contributed by atoms with E-state index < -0.39 is 24.2 Å². The standard InChI is InChI=1S/C13H14F3NO2/c1-9(18)17(7-10-5-3-2-4-6-10)12(11-8-19-11)13(14,15)16/h2-6,11-12H,7-8H2,1H3/t11-,12+/m0/s1. The number of carbonyl (C=O) groups excluding carboxylic acids is 1. The Kier molecular flexibility index (Phi) is 3.80. The monoisotopic (exact) mass is 273 g/mol. The maximum Gasteiger partial charge on any atom is 0.411 e. The number of hydrogen-bond acceptors (Lipinski definition) is 2. The number of benzene rings is 1. The molecule has 0 aliphatic carbocycles. The third kappa shape index (κ3) is 3.47. The molecule has 1 saturated heterocycles. The van der Waals surface area contributed by atoms with Crippen molar-refractivity contribution in [2.45, 2.75) is 31.8 Å². The number of amides is 1. The minimum absolute atomic E-state index is 0.0444. The predicted octanol–water partition coefficient (Wildman–Crippen LogP) is 2.36. The number of ether oxygens (including phenoxy) is 1. The molecule has 0 aromatic heterocycles. The smallest absolute Gasteiger partial charge is 0.371 e. The van der Waals surface area contributed by atoms with Crippen molar-refractivity contribution in [1.82, 2.24) is 4.90 Å². The lowest BCUT2D eigenvalue weighted by atomic mass is 10.1. The van der Waals surface area contributed by atoms with Gasteiger partial charge in [0.15, 0.2) is 6.04 Å². The Hall–Kier alpha value is -1.56. The third-order valence-electron chi connectivity index (χ3n) is 2.98. The molecule has 0 spiro atoms. The molecule has 0 bridgehead atoms. The summed E-state index contributed by atoms with van der Waals surface area (Å²) in [4.78, 5) is 12.4. The number of halogens is 3. The van der Waals surface area contributed by atoms with Crippen molar-refractivity contribution < 1.29 is 22.7 Å². The topological polar surface area (TPSA) is 32.8 Å². The molecule has 2 rings (SSSR count). The molecule has 1 fully saturated rings. The van der Waals surface area contributed by atoms with Gasteiger partial charge in [0, 0.05) is 13.5 Å². The second kappa shape index (κ2) is 5.21. The van der Waals surface area contributed by atoms with E-state index in [1.54, 1.807) is 30.3 Å². The van der Waals surface area contributed by atoms with Gasteiger partial charge in [-0.2, -0.15) is 13.2 Å². The Morgan fingerprint density at radius 3 is 2.42 bits per heavy atom. The predicted molar refractivity (Wildman–Crippen MR) is 62.2 cm³/mol. The molecular formula is C13H14F3NO2. The van der Waals surface area contributed by atoms with Crippen molar-refractivity contribution in [3.8, 4) is 0 Å². The Labute approximate surface area is 109 Å². The molecule has 1 heterocycles. The van der Waals surface area contributed by atoms with E-state index >= 15 is 0 Å². The van der Waals surface area contributed by atoms with Crippen LogP contribution in [0.5, 0.6) is 0 Å². The van der Waals surface area contributed by atoms with Gasteiger partial charge in [-0.1, -0.05) is 30.3 Å². The first-order valence-electron chi connectivity index (χ1n) is 5.89. The molecule has 0 radical (unpaired) electrons. The van der Waals surface area contributed by atoms with Gasteiger partial charge in [0.25, 0.3) is 0 Å². The number of alkyl halides is 3. The summed E-state index contributed by atoms with van der Waals surface area (Å²) in [5.41, 5.74) is 0.660. The van der Waals surface area contributed by atoms with Crippen LogP contribution in [-0.4, -0.2) is 35.7 Å². The van der Waals surface area contributed by atoms with Gasteiger partial charge in [-0.15, -0.1) is 0 Å². The fraction of sp³-hybridized carbons (Fsp3) is 0.462. The van der Waals surface area contributed by atoms with Crippen molar-refractivity contribution in [3.63, 3.8) is 0 Å². The van der Waals surface area contributed by atoms with Crippen LogP contribution in [0.3, 0.4) is 0 Å². The SMILES string of the molecule is CC(=O)N(Cc1ccccc1)[C@H]([C@@H]1CO1)C(F)(F)F. The van der Waals surface area contributed by atoms with Crippen LogP contribution in [-0.2, 0) is 16.1 Å². The zero-order valence-corrected chi connectivity index (χ0v) is 10.4. The van der Waals surface area contributed by atoms with Gasteiger partial charge < -0.3 is 9.64 Å². The summed E-state index contributed by atoms with van der Waals surface area (Å²) in [7, 11) is 0. The van der Waals surface area contributed by atoms with Crippen LogP contribution in [0.4, 0.5) is 13.2 Å². The average molecular weight is 273 g/mol. The summed E-state index contributed by atoms with van der Waals surface area (Å²) >= 11 is 0. The number of hydrogen-bond donors (Lipinski definition) is 0. The van der Waals surface area contributed by atoms with E-state index in [2.05, 4.69) is 0 Å². The van der Waals surface area contributed by atoms with Crippen LogP contribution in [0.25, 0.3) is 0 Å². The van der Waals surface area contributed by atoms with Crippen LogP contribution in [0.15, 0.2) is 30.3 Å². The highest BCUT2D eigenvalue weighted by Gasteiger charge is 2.54. The van der Waals surface area contributed by atoms with Crippen LogP contribution in [0.2, 0.25) is 0 Å². The maximum absolute atomic E-state index is 13.1. The van der Waals surface area contributed by atoms with E-state index in [4.69, 9.17) is 4.74 Å². The molecule has 2 atom stereocenters. The summed E-state index contributed by atoms with van der Waals surface area (Å²) in [6, 6.07) is 6.74. The highest BCUT2D eigenvalue weighted by Crippen LogP contribution is 2.34. The van der Waals surface area contributed by atoms with Crippen LogP contribution >= 0.6 is 0 Å². The molecule has 19 heavy (non-hydrogen) atoms.